The van der Waals surface area contributed by atoms with Gasteiger partial charge in [-0.3, -0.25) is 4.68 Å². The summed E-state index contributed by atoms with van der Waals surface area (Å²) in [5.41, 5.74) is 3.52. The normalized spacial score (nSPS) is 11.6. The second-order valence-electron chi connectivity index (χ2n) is 6.22. The molecule has 2 heterocycles. The maximum absolute atomic E-state index is 8.80. The van der Waals surface area contributed by atoms with E-state index < -0.39 is 0 Å². The predicted octanol–water partition coefficient (Wildman–Crippen LogP) is 3.50. The van der Waals surface area contributed by atoms with Gasteiger partial charge >= 0.3 is 0 Å². The molecule has 0 aliphatic carbocycles. The molecule has 2 rings (SSSR count). The summed E-state index contributed by atoms with van der Waals surface area (Å²) in [6.07, 6.45) is 0.480. The molecule has 0 bridgehead atoms. The van der Waals surface area contributed by atoms with Crippen LogP contribution in [0.4, 0.5) is 0 Å². The third-order valence-electron chi connectivity index (χ3n) is 3.47. The zero-order chi connectivity index (χ0) is 14.9. The van der Waals surface area contributed by atoms with E-state index in [0.29, 0.717) is 13.0 Å². The van der Waals surface area contributed by atoms with E-state index in [4.69, 9.17) is 10.4 Å². The first-order valence-corrected chi connectivity index (χ1v) is 6.95. The summed E-state index contributed by atoms with van der Waals surface area (Å²) in [4.78, 5) is 0. The van der Waals surface area contributed by atoms with Gasteiger partial charge in [-0.2, -0.15) is 10.4 Å². The molecule has 0 aliphatic heterocycles. The van der Waals surface area contributed by atoms with E-state index in [2.05, 4.69) is 63.5 Å². The number of aryl methyl sites for hydroxylation is 3. The topological polar surface area (TPSA) is 46.5 Å². The summed E-state index contributed by atoms with van der Waals surface area (Å²) >= 11 is 0. The van der Waals surface area contributed by atoms with Gasteiger partial charge in [0, 0.05) is 28.6 Å². The van der Waals surface area contributed by atoms with Gasteiger partial charge in [0.15, 0.2) is 5.82 Å². The molecule has 0 saturated heterocycles. The summed E-state index contributed by atoms with van der Waals surface area (Å²) in [6.45, 7) is 11.3. The molecule has 20 heavy (non-hydrogen) atoms. The fraction of sp³-hybridized carbons (Fsp3) is 0.500. The van der Waals surface area contributed by atoms with Crippen LogP contribution < -0.4 is 0 Å². The van der Waals surface area contributed by atoms with Crippen LogP contribution in [0.25, 0.3) is 5.82 Å². The van der Waals surface area contributed by atoms with Crippen molar-refractivity contribution >= 4 is 0 Å². The van der Waals surface area contributed by atoms with Crippen molar-refractivity contribution in [3.8, 4) is 11.9 Å². The van der Waals surface area contributed by atoms with Crippen LogP contribution >= 0.6 is 0 Å². The fourth-order valence-corrected chi connectivity index (χ4v) is 2.47. The lowest BCUT2D eigenvalue weighted by Gasteiger charge is -2.19. The highest BCUT2D eigenvalue weighted by Crippen LogP contribution is 2.26. The smallest absolute Gasteiger partial charge is 0.159 e. The van der Waals surface area contributed by atoms with Crippen LogP contribution in [-0.4, -0.2) is 14.3 Å². The lowest BCUT2D eigenvalue weighted by Crippen LogP contribution is -2.18. The van der Waals surface area contributed by atoms with Crippen LogP contribution in [0, 0.1) is 25.2 Å². The lowest BCUT2D eigenvalue weighted by atomic mass is 9.92. The summed E-state index contributed by atoms with van der Waals surface area (Å²) in [6, 6.07) is 8.53. The van der Waals surface area contributed by atoms with Gasteiger partial charge in [-0.1, -0.05) is 20.8 Å². The molecule has 0 radical (unpaired) electrons. The number of hydrogen-bond acceptors (Lipinski definition) is 2. The fourth-order valence-electron chi connectivity index (χ4n) is 2.47. The van der Waals surface area contributed by atoms with Gasteiger partial charge in [-0.15, -0.1) is 0 Å². The van der Waals surface area contributed by atoms with E-state index in [9.17, 15) is 0 Å². The molecule has 0 N–H and O–H groups in total. The van der Waals surface area contributed by atoms with Crippen molar-refractivity contribution in [3.63, 3.8) is 0 Å². The third kappa shape index (κ3) is 2.62. The van der Waals surface area contributed by atoms with Crippen molar-refractivity contribution < 1.29 is 0 Å². The maximum atomic E-state index is 8.80. The summed E-state index contributed by atoms with van der Waals surface area (Å²) in [5.74, 6) is 0.938. The number of nitrogens with zero attached hydrogens (tertiary/aromatic N) is 4. The molecule has 2 aromatic heterocycles. The average Bonchev–Trinajstić information content (AvgIpc) is 2.90. The van der Waals surface area contributed by atoms with E-state index in [1.165, 1.54) is 11.4 Å². The van der Waals surface area contributed by atoms with Crippen molar-refractivity contribution in [1.82, 2.24) is 14.3 Å². The van der Waals surface area contributed by atoms with Crippen LogP contribution in [0.15, 0.2) is 18.2 Å². The highest BCUT2D eigenvalue weighted by molar-refractivity contribution is 5.34. The molecule has 0 fully saturated rings. The molecule has 0 saturated carbocycles. The van der Waals surface area contributed by atoms with Gasteiger partial charge in [0.05, 0.1) is 19.0 Å². The molecular formula is C16H22N4. The zero-order valence-corrected chi connectivity index (χ0v) is 12.9. The van der Waals surface area contributed by atoms with Crippen LogP contribution in [-0.2, 0) is 12.0 Å². The SMILES string of the molecule is Cc1ccc(C)n1-c1cc(C(C)(C)C)n(CCC#N)n1. The molecule has 2 aromatic rings. The Bertz CT molecular complexity index is 628. The quantitative estimate of drug-likeness (QED) is 0.857. The second kappa shape index (κ2) is 5.16. The zero-order valence-electron chi connectivity index (χ0n) is 12.9. The van der Waals surface area contributed by atoms with E-state index in [1.54, 1.807) is 0 Å². The minimum Gasteiger partial charge on any atom is -0.302 e. The van der Waals surface area contributed by atoms with E-state index in [1.807, 2.05) is 4.68 Å². The first-order chi connectivity index (χ1) is 9.34. The van der Waals surface area contributed by atoms with Crippen LogP contribution in [0.3, 0.4) is 0 Å². The first-order valence-electron chi connectivity index (χ1n) is 6.95. The molecule has 0 amide bonds. The Morgan fingerprint density at radius 2 is 1.80 bits per heavy atom. The minimum atomic E-state index is 0.00959. The summed E-state index contributed by atoms with van der Waals surface area (Å²) in [7, 11) is 0. The number of hydrogen-bond donors (Lipinski definition) is 0. The van der Waals surface area contributed by atoms with Crippen LogP contribution in [0.2, 0.25) is 0 Å². The molecule has 0 atom stereocenters. The predicted molar refractivity (Wildman–Crippen MR) is 80.0 cm³/mol. The van der Waals surface area contributed by atoms with Crippen LogP contribution in [0.5, 0.6) is 0 Å². The average molecular weight is 270 g/mol. The van der Waals surface area contributed by atoms with Crippen molar-refractivity contribution in [1.29, 1.82) is 5.26 Å². The van der Waals surface area contributed by atoms with Gasteiger partial charge in [0.1, 0.15) is 0 Å². The Labute approximate surface area is 120 Å². The Kier molecular flexibility index (Phi) is 3.71. The Morgan fingerprint density at radius 3 is 2.30 bits per heavy atom. The molecule has 106 valence electrons. The first kappa shape index (κ1) is 14.4. The monoisotopic (exact) mass is 270 g/mol. The molecule has 4 nitrogen and oxygen atoms in total. The van der Waals surface area contributed by atoms with E-state index in [0.717, 1.165) is 11.5 Å². The second-order valence-corrected chi connectivity index (χ2v) is 6.22. The molecule has 0 unspecified atom stereocenters. The molecular weight excluding hydrogens is 248 g/mol. The Balaban J connectivity index is 2.52. The third-order valence-corrected chi connectivity index (χ3v) is 3.47. The Hall–Kier alpha value is -2.02. The standard InChI is InChI=1S/C16H22N4/c1-12-7-8-13(2)20(12)15-11-14(16(3,4)5)19(18-15)10-6-9-17/h7-8,11H,6,10H2,1-5H3. The van der Waals surface area contributed by atoms with Crippen molar-refractivity contribution in [3.05, 3.63) is 35.3 Å². The number of nitriles is 1. The molecule has 0 spiro atoms. The molecule has 0 aromatic carbocycles. The highest BCUT2D eigenvalue weighted by Gasteiger charge is 2.22. The summed E-state index contributed by atoms with van der Waals surface area (Å²) in [5, 5.41) is 13.5. The number of rotatable bonds is 3. The Morgan fingerprint density at radius 1 is 1.20 bits per heavy atom. The lowest BCUT2D eigenvalue weighted by molar-refractivity contribution is 0.488. The largest absolute Gasteiger partial charge is 0.302 e. The van der Waals surface area contributed by atoms with Gasteiger partial charge in [0.2, 0.25) is 0 Å². The highest BCUT2D eigenvalue weighted by atomic mass is 15.3. The summed E-state index contributed by atoms with van der Waals surface area (Å²) < 4.78 is 4.12. The number of aromatic nitrogens is 3. The van der Waals surface area contributed by atoms with Crippen molar-refractivity contribution in [2.45, 2.75) is 53.0 Å². The molecule has 4 heteroatoms. The van der Waals surface area contributed by atoms with Crippen molar-refractivity contribution in [2.75, 3.05) is 0 Å². The van der Waals surface area contributed by atoms with Crippen LogP contribution in [0.1, 0.15) is 44.3 Å². The van der Waals surface area contributed by atoms with Gasteiger partial charge in [-0.05, 0) is 26.0 Å². The van der Waals surface area contributed by atoms with Gasteiger partial charge < -0.3 is 4.57 Å². The molecule has 0 aliphatic rings. The van der Waals surface area contributed by atoms with Gasteiger partial charge in [-0.25, -0.2) is 0 Å². The van der Waals surface area contributed by atoms with Crippen molar-refractivity contribution in [2.24, 2.45) is 0 Å². The van der Waals surface area contributed by atoms with E-state index >= 15 is 0 Å². The minimum absolute atomic E-state index is 0.00959. The van der Waals surface area contributed by atoms with E-state index in [-0.39, 0.29) is 5.41 Å². The van der Waals surface area contributed by atoms with Gasteiger partial charge in [0.25, 0.3) is 0 Å². The maximum Gasteiger partial charge on any atom is 0.159 e.